The summed E-state index contributed by atoms with van der Waals surface area (Å²) < 4.78 is 18.6. The molecule has 0 spiro atoms. The third-order valence-corrected chi connectivity index (χ3v) is 8.08. The number of aromatic nitrogens is 1. The highest BCUT2D eigenvalue weighted by Gasteiger charge is 2.24. The molecule has 0 radical (unpaired) electrons. The maximum atomic E-state index is 12.1. The van der Waals surface area contributed by atoms with E-state index in [2.05, 4.69) is 0 Å². The van der Waals surface area contributed by atoms with Crippen LogP contribution in [0, 0.1) is 0 Å². The summed E-state index contributed by atoms with van der Waals surface area (Å²) in [6.45, 7) is 7.66. The molecule has 8 heteroatoms. The highest BCUT2D eigenvalue weighted by atomic mass is 32.9. The number of benzene rings is 1. The maximum Gasteiger partial charge on any atom is 0.283 e. The minimum absolute atomic E-state index is 0.0460. The fraction of sp³-hybridized carbons (Fsp3) is 0.438. The molecule has 2 aromatic rings. The van der Waals surface area contributed by atoms with Gasteiger partial charge < -0.3 is 13.6 Å². The summed E-state index contributed by atoms with van der Waals surface area (Å²) in [5.74, 6) is 0.784. The second kappa shape index (κ2) is 8.50. The third kappa shape index (κ3) is 5.60. The van der Waals surface area contributed by atoms with E-state index in [0.29, 0.717) is 5.76 Å². The Balaban J connectivity index is 2.14. The van der Waals surface area contributed by atoms with Crippen molar-refractivity contribution in [1.29, 1.82) is 0 Å². The van der Waals surface area contributed by atoms with E-state index in [9.17, 15) is 4.79 Å². The molecular weight excluding hydrogens is 365 g/mol. The van der Waals surface area contributed by atoms with Crippen LogP contribution < -0.4 is 5.56 Å². The van der Waals surface area contributed by atoms with Crippen molar-refractivity contribution in [3.8, 4) is 11.3 Å². The topological polar surface area (TPSA) is 53.6 Å². The first-order valence-electron chi connectivity index (χ1n) is 7.67. The smallest absolute Gasteiger partial charge is 0.283 e. The Morgan fingerprint density at radius 3 is 2.29 bits per heavy atom. The van der Waals surface area contributed by atoms with Crippen LogP contribution in [-0.4, -0.2) is 16.9 Å². The molecule has 0 saturated carbocycles. The summed E-state index contributed by atoms with van der Waals surface area (Å²) in [4.78, 5) is 12.1. The number of hydrogen-bond acceptors (Lipinski definition) is 6. The zero-order valence-electron chi connectivity index (χ0n) is 14.2. The van der Waals surface area contributed by atoms with Crippen molar-refractivity contribution >= 4 is 28.9 Å². The summed E-state index contributed by atoms with van der Waals surface area (Å²) in [6, 6.07) is 11.0. The molecule has 2 rings (SSSR count). The summed E-state index contributed by atoms with van der Waals surface area (Å²) in [6.07, 6.45) is -0.0921. The third-order valence-electron chi connectivity index (χ3n) is 2.78. The normalized spacial score (nSPS) is 12.2. The van der Waals surface area contributed by atoms with E-state index in [1.807, 2.05) is 58.0 Å². The standard InChI is InChI=1S/C16H22NO4PS2/c1-12(2)20-22(23,21-13(3)4)24-11-17-16(18)10-15(19-17)14-8-6-5-7-9-14/h5-10,12-13H,11H2,1-4H3. The molecule has 0 N–H and O–H groups in total. The summed E-state index contributed by atoms with van der Waals surface area (Å²) >= 11 is 6.88. The van der Waals surface area contributed by atoms with Gasteiger partial charge >= 0.3 is 0 Å². The number of rotatable bonds is 8. The van der Waals surface area contributed by atoms with Crippen molar-refractivity contribution in [2.45, 2.75) is 45.8 Å². The lowest BCUT2D eigenvalue weighted by Gasteiger charge is -2.25. The number of hydrogen-bond donors (Lipinski definition) is 0. The van der Waals surface area contributed by atoms with Crippen molar-refractivity contribution in [2.75, 3.05) is 0 Å². The predicted molar refractivity (Wildman–Crippen MR) is 103 cm³/mol. The average Bonchev–Trinajstić information content (AvgIpc) is 2.86. The van der Waals surface area contributed by atoms with Crippen LogP contribution in [-0.2, 0) is 26.7 Å². The fourth-order valence-corrected chi connectivity index (χ4v) is 7.15. The second-order valence-corrected chi connectivity index (χ2v) is 11.9. The van der Waals surface area contributed by atoms with E-state index in [-0.39, 0.29) is 23.6 Å². The van der Waals surface area contributed by atoms with Crippen LogP contribution in [0.5, 0.6) is 0 Å². The summed E-state index contributed by atoms with van der Waals surface area (Å²) in [7, 11) is 0. The van der Waals surface area contributed by atoms with Gasteiger partial charge in [-0.1, -0.05) is 30.3 Å². The van der Waals surface area contributed by atoms with E-state index in [1.165, 1.54) is 22.2 Å². The quantitative estimate of drug-likeness (QED) is 0.602. The van der Waals surface area contributed by atoms with Crippen LogP contribution in [0.2, 0.25) is 0 Å². The zero-order valence-corrected chi connectivity index (χ0v) is 16.7. The Bertz CT molecular complexity index is 741. The van der Waals surface area contributed by atoms with E-state index in [4.69, 9.17) is 25.4 Å². The molecule has 1 aromatic heterocycles. The second-order valence-electron chi connectivity index (χ2n) is 5.70. The maximum absolute atomic E-state index is 12.1. The van der Waals surface area contributed by atoms with E-state index in [1.54, 1.807) is 0 Å². The van der Waals surface area contributed by atoms with Crippen molar-refractivity contribution in [1.82, 2.24) is 4.74 Å². The molecule has 1 heterocycles. The van der Waals surface area contributed by atoms with Gasteiger partial charge in [-0.25, -0.2) is 0 Å². The summed E-state index contributed by atoms with van der Waals surface area (Å²) in [5.41, 5.74) is -1.90. The van der Waals surface area contributed by atoms with E-state index < -0.39 is 5.69 Å². The molecule has 0 aliphatic heterocycles. The lowest BCUT2D eigenvalue weighted by Crippen LogP contribution is -2.12. The Morgan fingerprint density at radius 1 is 1.17 bits per heavy atom. The molecule has 0 fully saturated rings. The molecule has 0 saturated heterocycles. The first-order chi connectivity index (χ1) is 11.3. The SMILES string of the molecule is CC(C)OP(=S)(OC(C)C)SCn1oc(-c2ccccc2)cc1=O. The van der Waals surface area contributed by atoms with Gasteiger partial charge in [-0.3, -0.25) is 4.79 Å². The molecular formula is C16H22NO4PS2. The lowest BCUT2D eigenvalue weighted by atomic mass is 10.2. The van der Waals surface area contributed by atoms with Gasteiger partial charge in [0.15, 0.2) is 5.76 Å². The van der Waals surface area contributed by atoms with Gasteiger partial charge in [0.1, 0.15) is 5.88 Å². The van der Waals surface area contributed by atoms with Gasteiger partial charge in [0, 0.05) is 5.56 Å². The van der Waals surface area contributed by atoms with Gasteiger partial charge in [-0.05, 0) is 50.9 Å². The minimum atomic E-state index is -2.55. The molecule has 0 aliphatic carbocycles. The molecule has 0 amide bonds. The molecule has 1 aromatic carbocycles. The highest BCUT2D eigenvalue weighted by Crippen LogP contribution is 2.63. The van der Waals surface area contributed by atoms with Crippen molar-refractivity contribution in [3.63, 3.8) is 0 Å². The molecule has 0 unspecified atom stereocenters. The van der Waals surface area contributed by atoms with Crippen molar-refractivity contribution in [3.05, 3.63) is 46.8 Å². The van der Waals surface area contributed by atoms with Crippen molar-refractivity contribution < 1.29 is 13.6 Å². The Morgan fingerprint density at radius 2 is 1.75 bits per heavy atom. The Labute approximate surface area is 151 Å². The van der Waals surface area contributed by atoms with E-state index in [0.717, 1.165) is 5.56 Å². The van der Waals surface area contributed by atoms with Gasteiger partial charge in [-0.2, -0.15) is 4.74 Å². The summed E-state index contributed by atoms with van der Waals surface area (Å²) in [5, 5.41) is 0. The van der Waals surface area contributed by atoms with Crippen molar-refractivity contribution in [2.24, 2.45) is 0 Å². The largest absolute Gasteiger partial charge is 0.375 e. The fourth-order valence-electron chi connectivity index (χ4n) is 1.93. The molecule has 24 heavy (non-hydrogen) atoms. The first kappa shape index (κ1) is 19.5. The molecule has 0 aliphatic rings. The monoisotopic (exact) mass is 387 g/mol. The minimum Gasteiger partial charge on any atom is -0.375 e. The molecule has 0 atom stereocenters. The van der Waals surface area contributed by atoms with Crippen LogP contribution in [0.3, 0.4) is 0 Å². The van der Waals surface area contributed by atoms with Crippen LogP contribution in [0.25, 0.3) is 11.3 Å². The predicted octanol–water partition coefficient (Wildman–Crippen LogP) is 4.87. The molecule has 132 valence electrons. The Kier molecular flexibility index (Phi) is 6.89. The number of nitrogens with zero attached hydrogens (tertiary/aromatic N) is 1. The van der Waals surface area contributed by atoms with Gasteiger partial charge in [0.2, 0.25) is 5.69 Å². The molecule has 0 bridgehead atoms. The van der Waals surface area contributed by atoms with Crippen LogP contribution in [0.15, 0.2) is 45.7 Å². The molecule has 5 nitrogen and oxygen atoms in total. The van der Waals surface area contributed by atoms with Crippen LogP contribution in [0.1, 0.15) is 27.7 Å². The van der Waals surface area contributed by atoms with E-state index >= 15 is 0 Å². The average molecular weight is 387 g/mol. The van der Waals surface area contributed by atoms with Gasteiger partial charge in [-0.15, -0.1) is 0 Å². The van der Waals surface area contributed by atoms with Crippen LogP contribution in [0.4, 0.5) is 0 Å². The van der Waals surface area contributed by atoms with Gasteiger partial charge in [0.05, 0.1) is 18.3 Å². The highest BCUT2D eigenvalue weighted by molar-refractivity contribution is 8.67. The van der Waals surface area contributed by atoms with Gasteiger partial charge in [0.25, 0.3) is 5.56 Å². The first-order valence-corrected chi connectivity index (χ1v) is 11.9. The lowest BCUT2D eigenvalue weighted by molar-refractivity contribution is 0.186. The Hall–Kier alpha value is -0.850. The van der Waals surface area contributed by atoms with Crippen LogP contribution >= 0.6 is 17.1 Å². The zero-order chi connectivity index (χ0) is 17.7.